The zero-order valence-corrected chi connectivity index (χ0v) is 10.8. The number of ether oxygens (including phenoxy) is 1. The highest BCUT2D eigenvalue weighted by atomic mass is 35.5. The summed E-state index contributed by atoms with van der Waals surface area (Å²) in [5.41, 5.74) is 8.65. The fraction of sp³-hybridized carbons (Fsp3) is 0.308. The second kappa shape index (κ2) is 4.30. The van der Waals surface area contributed by atoms with Crippen LogP contribution in [0.3, 0.4) is 0 Å². The molecule has 18 heavy (non-hydrogen) atoms. The van der Waals surface area contributed by atoms with E-state index in [9.17, 15) is 0 Å². The van der Waals surface area contributed by atoms with E-state index in [0.29, 0.717) is 11.6 Å². The summed E-state index contributed by atoms with van der Waals surface area (Å²) in [6, 6.07) is 3.84. The molecule has 1 aromatic heterocycles. The number of H-pyrrole nitrogens is 1. The average molecular weight is 264 g/mol. The van der Waals surface area contributed by atoms with E-state index in [1.54, 1.807) is 6.20 Å². The van der Waals surface area contributed by atoms with Crippen molar-refractivity contribution in [2.24, 2.45) is 5.73 Å². The number of rotatable bonds is 2. The lowest BCUT2D eigenvalue weighted by atomic mass is 10.0. The molecule has 5 heteroatoms. The molecular weight excluding hydrogens is 250 g/mol. The first-order valence-electron chi connectivity index (χ1n) is 5.88. The van der Waals surface area contributed by atoms with Gasteiger partial charge in [-0.1, -0.05) is 11.6 Å². The Morgan fingerprint density at radius 2 is 2.39 bits per heavy atom. The Labute approximate surface area is 110 Å². The topological polar surface area (TPSA) is 63.9 Å². The normalized spacial score (nSPS) is 17.6. The van der Waals surface area contributed by atoms with Crippen LogP contribution in [0.4, 0.5) is 0 Å². The second-order valence-corrected chi connectivity index (χ2v) is 4.94. The molecule has 0 spiro atoms. The van der Waals surface area contributed by atoms with Gasteiger partial charge in [-0.25, -0.2) is 4.98 Å². The maximum atomic E-state index is 6.16. The van der Waals surface area contributed by atoms with Crippen molar-refractivity contribution in [2.75, 3.05) is 6.54 Å². The fourth-order valence-electron chi connectivity index (χ4n) is 2.28. The third-order valence-electron chi connectivity index (χ3n) is 3.12. The summed E-state index contributed by atoms with van der Waals surface area (Å²) in [5.74, 6) is 1.74. The highest BCUT2D eigenvalue weighted by molar-refractivity contribution is 6.31. The first kappa shape index (κ1) is 11.6. The number of benzene rings is 1. The van der Waals surface area contributed by atoms with Gasteiger partial charge >= 0.3 is 0 Å². The number of nitrogens with zero attached hydrogens (tertiary/aromatic N) is 1. The molecule has 0 amide bonds. The molecule has 0 saturated heterocycles. The third-order valence-corrected chi connectivity index (χ3v) is 3.34. The smallest absolute Gasteiger partial charge is 0.132 e. The van der Waals surface area contributed by atoms with Crippen LogP contribution in [0.5, 0.6) is 5.75 Å². The second-order valence-electron chi connectivity index (χ2n) is 4.50. The van der Waals surface area contributed by atoms with Crippen LogP contribution in [-0.2, 0) is 6.42 Å². The van der Waals surface area contributed by atoms with Crippen molar-refractivity contribution in [3.63, 3.8) is 0 Å². The van der Waals surface area contributed by atoms with Crippen LogP contribution in [0.1, 0.15) is 11.4 Å². The summed E-state index contributed by atoms with van der Waals surface area (Å²) in [5, 5.41) is 0.706. The Balaban J connectivity index is 2.11. The van der Waals surface area contributed by atoms with Crippen molar-refractivity contribution in [1.29, 1.82) is 0 Å². The van der Waals surface area contributed by atoms with Gasteiger partial charge in [0.1, 0.15) is 17.7 Å². The molecular formula is C13H14ClN3O. The molecule has 0 aliphatic carbocycles. The zero-order chi connectivity index (χ0) is 12.7. The first-order valence-corrected chi connectivity index (χ1v) is 6.26. The number of nitrogens with one attached hydrogen (secondary N) is 1. The minimum Gasteiger partial charge on any atom is -0.488 e. The number of hydrogen-bond acceptors (Lipinski definition) is 3. The van der Waals surface area contributed by atoms with Gasteiger partial charge in [0, 0.05) is 29.1 Å². The molecule has 3 N–H and O–H groups in total. The standard InChI is InChI=1S/C13H14ClN3O/c1-7-16-6-12(17-7)11-4-9(14)2-8-3-10(5-15)18-13(8)11/h2,4,6,10H,3,5,15H2,1H3,(H,16,17)/t10-/m1/s1. The van der Waals surface area contributed by atoms with Crippen molar-refractivity contribution in [1.82, 2.24) is 9.97 Å². The Kier molecular flexibility index (Phi) is 2.76. The maximum absolute atomic E-state index is 6.16. The minimum atomic E-state index is 0.0428. The summed E-state index contributed by atoms with van der Waals surface area (Å²) in [4.78, 5) is 7.41. The van der Waals surface area contributed by atoms with E-state index < -0.39 is 0 Å². The van der Waals surface area contributed by atoms with Gasteiger partial charge in [0.05, 0.1) is 11.9 Å². The van der Waals surface area contributed by atoms with E-state index in [-0.39, 0.29) is 6.10 Å². The highest BCUT2D eigenvalue weighted by Crippen LogP contribution is 2.40. The van der Waals surface area contributed by atoms with Gasteiger partial charge in [-0.15, -0.1) is 0 Å². The van der Waals surface area contributed by atoms with E-state index in [4.69, 9.17) is 22.1 Å². The lowest BCUT2D eigenvalue weighted by molar-refractivity contribution is 0.242. The molecule has 1 aliphatic heterocycles. The predicted molar refractivity (Wildman–Crippen MR) is 70.9 cm³/mol. The van der Waals surface area contributed by atoms with Gasteiger partial charge in [-0.3, -0.25) is 0 Å². The number of halogens is 1. The largest absolute Gasteiger partial charge is 0.488 e. The molecule has 0 saturated carbocycles. The van der Waals surface area contributed by atoms with Crippen LogP contribution in [0, 0.1) is 6.92 Å². The van der Waals surface area contributed by atoms with Crippen molar-refractivity contribution in [3.05, 3.63) is 34.7 Å². The molecule has 3 rings (SSSR count). The number of fused-ring (bicyclic) bond motifs is 1. The van der Waals surface area contributed by atoms with Crippen LogP contribution in [0.25, 0.3) is 11.3 Å². The molecule has 0 fully saturated rings. The van der Waals surface area contributed by atoms with E-state index >= 15 is 0 Å². The van der Waals surface area contributed by atoms with Crippen LogP contribution < -0.4 is 10.5 Å². The third kappa shape index (κ3) is 1.87. The van der Waals surface area contributed by atoms with Crippen LogP contribution in [0.2, 0.25) is 5.02 Å². The van der Waals surface area contributed by atoms with E-state index in [1.807, 2.05) is 19.1 Å². The number of aromatic amines is 1. The molecule has 2 aromatic rings. The van der Waals surface area contributed by atoms with Crippen molar-refractivity contribution in [3.8, 4) is 17.0 Å². The highest BCUT2D eigenvalue weighted by Gasteiger charge is 2.26. The van der Waals surface area contributed by atoms with Crippen LogP contribution in [0.15, 0.2) is 18.3 Å². The van der Waals surface area contributed by atoms with Gasteiger partial charge in [0.2, 0.25) is 0 Å². The van der Waals surface area contributed by atoms with Gasteiger partial charge in [-0.2, -0.15) is 0 Å². The van der Waals surface area contributed by atoms with Gasteiger partial charge < -0.3 is 15.5 Å². The molecule has 1 atom stereocenters. The lowest BCUT2D eigenvalue weighted by Gasteiger charge is -2.10. The number of imidazole rings is 1. The summed E-state index contributed by atoms with van der Waals surface area (Å²) < 4.78 is 5.87. The number of aryl methyl sites for hydroxylation is 1. The first-order chi connectivity index (χ1) is 8.67. The fourth-order valence-corrected chi connectivity index (χ4v) is 2.52. The van der Waals surface area contributed by atoms with Gasteiger partial charge in [-0.05, 0) is 19.1 Å². The van der Waals surface area contributed by atoms with Crippen LogP contribution in [-0.4, -0.2) is 22.6 Å². The Bertz CT molecular complexity index is 594. The molecule has 0 radical (unpaired) electrons. The number of nitrogens with two attached hydrogens (primary N) is 1. The Morgan fingerprint density at radius 3 is 3.06 bits per heavy atom. The molecule has 2 heterocycles. The minimum absolute atomic E-state index is 0.0428. The van der Waals surface area contributed by atoms with Crippen molar-refractivity contribution >= 4 is 11.6 Å². The monoisotopic (exact) mass is 263 g/mol. The summed E-state index contributed by atoms with van der Waals surface area (Å²) in [7, 11) is 0. The molecule has 94 valence electrons. The van der Waals surface area contributed by atoms with E-state index in [1.165, 1.54) is 0 Å². The zero-order valence-electron chi connectivity index (χ0n) is 10.0. The quantitative estimate of drug-likeness (QED) is 0.874. The Morgan fingerprint density at radius 1 is 1.56 bits per heavy atom. The average Bonchev–Trinajstić information content (AvgIpc) is 2.93. The Hall–Kier alpha value is -1.52. The summed E-state index contributed by atoms with van der Waals surface area (Å²) >= 11 is 6.16. The van der Waals surface area contributed by atoms with Gasteiger partial charge in [0.15, 0.2) is 0 Å². The summed E-state index contributed by atoms with van der Waals surface area (Å²) in [6.07, 6.45) is 2.65. The van der Waals surface area contributed by atoms with Crippen LogP contribution >= 0.6 is 11.6 Å². The predicted octanol–water partition coefficient (Wildman–Crippen LogP) is 2.30. The maximum Gasteiger partial charge on any atom is 0.132 e. The van der Waals surface area contributed by atoms with E-state index in [2.05, 4.69) is 9.97 Å². The summed E-state index contributed by atoms with van der Waals surface area (Å²) in [6.45, 7) is 2.42. The van der Waals surface area contributed by atoms with E-state index in [0.717, 1.165) is 34.8 Å². The molecule has 1 aliphatic rings. The molecule has 1 aromatic carbocycles. The number of aromatic nitrogens is 2. The number of hydrogen-bond donors (Lipinski definition) is 2. The molecule has 0 unspecified atom stereocenters. The lowest BCUT2D eigenvalue weighted by Crippen LogP contribution is -2.24. The van der Waals surface area contributed by atoms with Gasteiger partial charge in [0.25, 0.3) is 0 Å². The molecule has 0 bridgehead atoms. The van der Waals surface area contributed by atoms with Crippen molar-refractivity contribution < 1.29 is 4.74 Å². The SMILES string of the molecule is Cc1ncc(-c2cc(Cl)cc3c2O[C@@H](CN)C3)[nH]1. The molecule has 4 nitrogen and oxygen atoms in total. The van der Waals surface area contributed by atoms with Crippen molar-refractivity contribution in [2.45, 2.75) is 19.4 Å².